The maximum absolute atomic E-state index is 8.81. The topological polar surface area (TPSA) is 53.1 Å². The van der Waals surface area contributed by atoms with Gasteiger partial charge in [0.15, 0.2) is 0 Å². The van der Waals surface area contributed by atoms with Gasteiger partial charge in [0.2, 0.25) is 0 Å². The summed E-state index contributed by atoms with van der Waals surface area (Å²) in [4.78, 5) is 2.52. The Bertz CT molecular complexity index is 254. The fourth-order valence-corrected chi connectivity index (χ4v) is 2.73. The molecule has 2 fully saturated rings. The Hall–Kier alpha value is -0.590. The molecule has 14 heavy (non-hydrogen) atoms. The summed E-state index contributed by atoms with van der Waals surface area (Å²) in [6.07, 6.45) is 4.96. The van der Waals surface area contributed by atoms with E-state index in [0.717, 1.165) is 24.9 Å². The van der Waals surface area contributed by atoms with E-state index in [-0.39, 0.29) is 0 Å². The van der Waals surface area contributed by atoms with Gasteiger partial charge < -0.3 is 5.73 Å². The first-order valence-corrected chi connectivity index (χ1v) is 5.55. The van der Waals surface area contributed by atoms with Crippen LogP contribution in [0, 0.1) is 17.2 Å². The summed E-state index contributed by atoms with van der Waals surface area (Å²) in [5.41, 5.74) is 5.17. The average molecular weight is 193 g/mol. The molecule has 0 aromatic rings. The summed E-state index contributed by atoms with van der Waals surface area (Å²) in [6, 6.07) is 2.96. The highest BCUT2D eigenvalue weighted by molar-refractivity contribution is 5.02. The SMILES string of the molecule is CC(N)(C#N)CCN1C[C@@H]2CC[C@H]1C2. The van der Waals surface area contributed by atoms with E-state index in [1.165, 1.54) is 25.8 Å². The molecule has 0 amide bonds. The van der Waals surface area contributed by atoms with Gasteiger partial charge in [0.05, 0.1) is 6.07 Å². The molecule has 1 aliphatic carbocycles. The highest BCUT2D eigenvalue weighted by Crippen LogP contribution is 2.37. The van der Waals surface area contributed by atoms with Crippen molar-refractivity contribution < 1.29 is 0 Å². The first kappa shape index (κ1) is 9.95. The van der Waals surface area contributed by atoms with Crippen molar-refractivity contribution in [3.63, 3.8) is 0 Å². The molecule has 1 heterocycles. The molecule has 0 aromatic heterocycles. The lowest BCUT2D eigenvalue weighted by atomic mass is 10.0. The molecular weight excluding hydrogens is 174 g/mol. The number of hydrogen-bond donors (Lipinski definition) is 1. The van der Waals surface area contributed by atoms with Crippen molar-refractivity contribution >= 4 is 0 Å². The van der Waals surface area contributed by atoms with Gasteiger partial charge in [0.25, 0.3) is 0 Å². The number of nitrogens with zero attached hydrogens (tertiary/aromatic N) is 2. The summed E-state index contributed by atoms with van der Waals surface area (Å²) < 4.78 is 0. The minimum atomic E-state index is -0.637. The van der Waals surface area contributed by atoms with Crippen LogP contribution in [0.2, 0.25) is 0 Å². The van der Waals surface area contributed by atoms with Gasteiger partial charge in [-0.2, -0.15) is 5.26 Å². The monoisotopic (exact) mass is 193 g/mol. The lowest BCUT2D eigenvalue weighted by molar-refractivity contribution is 0.202. The van der Waals surface area contributed by atoms with Crippen molar-refractivity contribution in [2.24, 2.45) is 11.7 Å². The molecule has 0 radical (unpaired) electrons. The van der Waals surface area contributed by atoms with E-state index in [1.807, 2.05) is 6.92 Å². The molecule has 78 valence electrons. The molecule has 2 bridgehead atoms. The number of rotatable bonds is 3. The third-order valence-corrected chi connectivity index (χ3v) is 3.70. The van der Waals surface area contributed by atoms with Gasteiger partial charge >= 0.3 is 0 Å². The Balaban J connectivity index is 1.80. The second-order valence-corrected chi connectivity index (χ2v) is 5.11. The van der Waals surface area contributed by atoms with Crippen molar-refractivity contribution in [3.05, 3.63) is 0 Å². The highest BCUT2D eigenvalue weighted by Gasteiger charge is 2.37. The van der Waals surface area contributed by atoms with E-state index in [0.29, 0.717) is 0 Å². The largest absolute Gasteiger partial charge is 0.314 e. The molecule has 1 saturated carbocycles. The zero-order valence-corrected chi connectivity index (χ0v) is 8.87. The predicted octanol–water partition coefficient (Wildman–Crippen LogP) is 1.10. The smallest absolute Gasteiger partial charge is 0.102 e. The molecular formula is C11H19N3. The standard InChI is InChI=1S/C11H19N3/c1-11(13,8-12)4-5-14-7-9-2-3-10(14)6-9/h9-10H,2-7,13H2,1H3/t9-,10+,11?/m1/s1. The molecule has 1 unspecified atom stereocenters. The molecule has 2 aliphatic rings. The van der Waals surface area contributed by atoms with Crippen LogP contribution in [-0.2, 0) is 0 Å². The fraction of sp³-hybridized carbons (Fsp3) is 0.909. The van der Waals surface area contributed by atoms with Crippen molar-refractivity contribution in [2.45, 2.75) is 44.2 Å². The maximum Gasteiger partial charge on any atom is 0.102 e. The van der Waals surface area contributed by atoms with Gasteiger partial charge in [-0.1, -0.05) is 0 Å². The summed E-state index contributed by atoms with van der Waals surface area (Å²) in [5, 5.41) is 8.81. The molecule has 2 rings (SSSR count). The van der Waals surface area contributed by atoms with Crippen molar-refractivity contribution in [2.75, 3.05) is 13.1 Å². The van der Waals surface area contributed by atoms with E-state index >= 15 is 0 Å². The Morgan fingerprint density at radius 3 is 2.86 bits per heavy atom. The van der Waals surface area contributed by atoms with E-state index in [1.54, 1.807) is 0 Å². The molecule has 2 N–H and O–H groups in total. The molecule has 3 atom stereocenters. The van der Waals surface area contributed by atoms with Crippen LogP contribution in [0.25, 0.3) is 0 Å². The third-order valence-electron chi connectivity index (χ3n) is 3.70. The van der Waals surface area contributed by atoms with Gasteiger partial charge in [0.1, 0.15) is 5.54 Å². The molecule has 0 spiro atoms. The number of piperidine rings is 1. The normalized spacial score (nSPS) is 35.5. The predicted molar refractivity (Wildman–Crippen MR) is 55.5 cm³/mol. The van der Waals surface area contributed by atoms with Crippen molar-refractivity contribution in [1.82, 2.24) is 4.90 Å². The van der Waals surface area contributed by atoms with Crippen LogP contribution in [0.1, 0.15) is 32.6 Å². The lowest BCUT2D eigenvalue weighted by Crippen LogP contribution is -2.41. The Kier molecular flexibility index (Phi) is 2.50. The molecule has 1 saturated heterocycles. The van der Waals surface area contributed by atoms with Gasteiger partial charge in [-0.05, 0) is 38.5 Å². The van der Waals surface area contributed by atoms with Gasteiger partial charge in [-0.3, -0.25) is 4.90 Å². The molecule has 1 aliphatic heterocycles. The molecule has 0 aromatic carbocycles. The minimum Gasteiger partial charge on any atom is -0.314 e. The van der Waals surface area contributed by atoms with E-state index in [9.17, 15) is 0 Å². The number of hydrogen-bond acceptors (Lipinski definition) is 3. The third kappa shape index (κ3) is 1.92. The number of likely N-dealkylation sites (tertiary alicyclic amines) is 1. The zero-order valence-electron chi connectivity index (χ0n) is 8.87. The van der Waals surface area contributed by atoms with E-state index in [2.05, 4.69) is 11.0 Å². The molecule has 3 heteroatoms. The summed E-state index contributed by atoms with van der Waals surface area (Å²) in [6.45, 7) is 4.06. The van der Waals surface area contributed by atoms with E-state index < -0.39 is 5.54 Å². The van der Waals surface area contributed by atoms with Gasteiger partial charge in [0, 0.05) is 19.1 Å². The average Bonchev–Trinajstić information content (AvgIpc) is 2.76. The minimum absolute atomic E-state index is 0.637. The number of fused-ring (bicyclic) bond motifs is 2. The quantitative estimate of drug-likeness (QED) is 0.730. The lowest BCUT2D eigenvalue weighted by Gasteiger charge is -2.28. The van der Waals surface area contributed by atoms with Crippen LogP contribution in [-0.4, -0.2) is 29.6 Å². The zero-order chi connectivity index (χ0) is 10.2. The van der Waals surface area contributed by atoms with Crippen molar-refractivity contribution in [3.8, 4) is 6.07 Å². The fourth-order valence-electron chi connectivity index (χ4n) is 2.73. The Labute approximate surface area is 85.9 Å². The Morgan fingerprint density at radius 2 is 2.36 bits per heavy atom. The van der Waals surface area contributed by atoms with E-state index in [4.69, 9.17) is 11.0 Å². The highest BCUT2D eigenvalue weighted by atomic mass is 15.2. The summed E-state index contributed by atoms with van der Waals surface area (Å²) >= 11 is 0. The maximum atomic E-state index is 8.81. The Morgan fingerprint density at radius 1 is 1.57 bits per heavy atom. The van der Waals surface area contributed by atoms with Crippen LogP contribution < -0.4 is 5.73 Å². The first-order chi connectivity index (χ1) is 6.61. The second kappa shape index (κ2) is 3.52. The van der Waals surface area contributed by atoms with Crippen molar-refractivity contribution in [1.29, 1.82) is 5.26 Å². The summed E-state index contributed by atoms with van der Waals surface area (Å²) in [7, 11) is 0. The van der Waals surface area contributed by atoms with Crippen LogP contribution >= 0.6 is 0 Å². The first-order valence-electron chi connectivity index (χ1n) is 5.55. The second-order valence-electron chi connectivity index (χ2n) is 5.11. The number of nitriles is 1. The van der Waals surface area contributed by atoms with Gasteiger partial charge in [-0.15, -0.1) is 0 Å². The van der Waals surface area contributed by atoms with Crippen LogP contribution in [0.4, 0.5) is 0 Å². The van der Waals surface area contributed by atoms with Crippen LogP contribution in [0.5, 0.6) is 0 Å². The number of nitrogens with two attached hydrogens (primary N) is 1. The van der Waals surface area contributed by atoms with Crippen LogP contribution in [0.3, 0.4) is 0 Å². The van der Waals surface area contributed by atoms with Crippen LogP contribution in [0.15, 0.2) is 0 Å². The van der Waals surface area contributed by atoms with Gasteiger partial charge in [-0.25, -0.2) is 0 Å². The summed E-state index contributed by atoms with van der Waals surface area (Å²) in [5.74, 6) is 0.936. The molecule has 3 nitrogen and oxygen atoms in total.